The van der Waals surface area contributed by atoms with Crippen LogP contribution in [0.1, 0.15) is 34.5 Å². The molecular weight excluding hydrogens is 438 g/mol. The molecule has 1 unspecified atom stereocenters. The zero-order valence-corrected chi connectivity index (χ0v) is 19.5. The summed E-state index contributed by atoms with van der Waals surface area (Å²) in [6.45, 7) is 2.00. The van der Waals surface area contributed by atoms with E-state index >= 15 is 0 Å². The number of amides is 1. The summed E-state index contributed by atoms with van der Waals surface area (Å²) in [5, 5.41) is 0. The van der Waals surface area contributed by atoms with Crippen molar-refractivity contribution >= 4 is 5.91 Å². The van der Waals surface area contributed by atoms with Gasteiger partial charge < -0.3 is 14.1 Å². The molecule has 0 radical (unpaired) electrons. The van der Waals surface area contributed by atoms with Crippen molar-refractivity contribution in [1.82, 2.24) is 9.80 Å². The molecule has 180 valence electrons. The number of carbonyl (C=O) groups is 1. The van der Waals surface area contributed by atoms with E-state index in [0.717, 1.165) is 43.3 Å². The molecule has 7 heteroatoms. The number of nitrogens with zero attached hydrogens (tertiary/aromatic N) is 2. The van der Waals surface area contributed by atoms with Gasteiger partial charge in [-0.1, -0.05) is 18.2 Å². The van der Waals surface area contributed by atoms with Crippen molar-refractivity contribution < 1.29 is 22.7 Å². The number of likely N-dealkylation sites (N-methyl/N-ethyl adjacent to an activating group) is 1. The lowest BCUT2D eigenvalue weighted by molar-refractivity contribution is 0.0555. The van der Waals surface area contributed by atoms with E-state index in [1.165, 1.54) is 18.4 Å². The predicted octanol–water partition coefficient (Wildman–Crippen LogP) is 5.16. The quantitative estimate of drug-likeness (QED) is 0.458. The zero-order chi connectivity index (χ0) is 24.1. The first kappa shape index (κ1) is 24.0. The van der Waals surface area contributed by atoms with Crippen LogP contribution in [0.15, 0.2) is 65.3 Å². The van der Waals surface area contributed by atoms with Gasteiger partial charge in [0.2, 0.25) is 0 Å². The van der Waals surface area contributed by atoms with Crippen LogP contribution in [0.25, 0.3) is 0 Å². The molecule has 1 amide bonds. The molecule has 0 bridgehead atoms. The summed E-state index contributed by atoms with van der Waals surface area (Å²) in [4.78, 5) is 17.1. The first-order valence-corrected chi connectivity index (χ1v) is 11.5. The number of ether oxygens (including phenoxy) is 1. The van der Waals surface area contributed by atoms with Crippen LogP contribution in [0, 0.1) is 17.6 Å². The third-order valence-electron chi connectivity index (χ3n) is 6.71. The van der Waals surface area contributed by atoms with Gasteiger partial charge in [0.05, 0.1) is 13.4 Å². The van der Waals surface area contributed by atoms with Crippen LogP contribution in [-0.4, -0.2) is 49.0 Å². The number of piperidine rings is 1. The topological polar surface area (TPSA) is 45.9 Å². The van der Waals surface area contributed by atoms with Crippen molar-refractivity contribution in [2.75, 3.05) is 27.2 Å². The van der Waals surface area contributed by atoms with Gasteiger partial charge in [-0.3, -0.25) is 9.69 Å². The second-order valence-corrected chi connectivity index (χ2v) is 8.87. The summed E-state index contributed by atoms with van der Waals surface area (Å²) in [5.41, 5.74) is 1.59. The Hall–Kier alpha value is -3.19. The predicted molar refractivity (Wildman–Crippen MR) is 126 cm³/mol. The van der Waals surface area contributed by atoms with Gasteiger partial charge in [-0.25, -0.2) is 8.78 Å². The van der Waals surface area contributed by atoms with E-state index in [1.54, 1.807) is 24.1 Å². The Morgan fingerprint density at radius 3 is 2.62 bits per heavy atom. The molecule has 4 rings (SSSR count). The van der Waals surface area contributed by atoms with Crippen molar-refractivity contribution in [2.45, 2.75) is 31.8 Å². The second-order valence-electron chi connectivity index (χ2n) is 8.87. The number of carbonyl (C=O) groups excluding carboxylic acids is 1. The van der Waals surface area contributed by atoms with Crippen molar-refractivity contribution in [3.63, 3.8) is 0 Å². The van der Waals surface area contributed by atoms with Gasteiger partial charge in [-0.05, 0) is 74.2 Å². The highest BCUT2D eigenvalue weighted by Gasteiger charge is 2.33. The van der Waals surface area contributed by atoms with Gasteiger partial charge in [0.1, 0.15) is 17.4 Å². The third-order valence-corrected chi connectivity index (χ3v) is 6.71. The number of halogens is 2. The van der Waals surface area contributed by atoms with Crippen molar-refractivity contribution in [3.05, 3.63) is 89.4 Å². The number of benzene rings is 2. The van der Waals surface area contributed by atoms with Gasteiger partial charge in [-0.15, -0.1) is 0 Å². The van der Waals surface area contributed by atoms with Crippen molar-refractivity contribution in [2.24, 2.45) is 5.92 Å². The fourth-order valence-electron chi connectivity index (χ4n) is 4.77. The van der Waals surface area contributed by atoms with E-state index in [2.05, 4.69) is 4.90 Å². The van der Waals surface area contributed by atoms with Gasteiger partial charge in [-0.2, -0.15) is 0 Å². The molecule has 1 saturated heterocycles. The van der Waals surface area contributed by atoms with Crippen molar-refractivity contribution in [3.8, 4) is 5.75 Å². The van der Waals surface area contributed by atoms with Gasteiger partial charge >= 0.3 is 0 Å². The lowest BCUT2D eigenvalue weighted by atomic mass is 9.84. The van der Waals surface area contributed by atoms with Crippen LogP contribution in [-0.2, 0) is 13.0 Å². The number of hydrogen-bond acceptors (Lipinski definition) is 4. The average Bonchev–Trinajstić information content (AvgIpc) is 3.39. The van der Waals surface area contributed by atoms with E-state index in [9.17, 15) is 13.6 Å². The molecule has 5 nitrogen and oxygen atoms in total. The molecule has 0 saturated carbocycles. The van der Waals surface area contributed by atoms with Crippen LogP contribution < -0.4 is 4.74 Å². The van der Waals surface area contributed by atoms with Crippen molar-refractivity contribution in [1.29, 1.82) is 0 Å². The van der Waals surface area contributed by atoms with E-state index in [1.807, 2.05) is 31.3 Å². The van der Waals surface area contributed by atoms with Gasteiger partial charge in [0.25, 0.3) is 5.91 Å². The molecule has 0 aliphatic carbocycles. The van der Waals surface area contributed by atoms with Gasteiger partial charge in [0.15, 0.2) is 5.76 Å². The minimum Gasteiger partial charge on any atom is -0.497 e. The third kappa shape index (κ3) is 5.65. The minimum absolute atomic E-state index is 0.0330. The smallest absolute Gasteiger partial charge is 0.289 e. The van der Waals surface area contributed by atoms with E-state index in [4.69, 9.17) is 9.15 Å². The Labute approximate surface area is 198 Å². The van der Waals surface area contributed by atoms with Crippen LogP contribution in [0.3, 0.4) is 0 Å². The molecule has 34 heavy (non-hydrogen) atoms. The second kappa shape index (κ2) is 10.8. The highest BCUT2D eigenvalue weighted by Crippen LogP contribution is 2.29. The summed E-state index contributed by atoms with van der Waals surface area (Å²) in [6.07, 6.45) is 3.93. The number of rotatable bonds is 8. The summed E-state index contributed by atoms with van der Waals surface area (Å²) in [7, 11) is 3.47. The maximum Gasteiger partial charge on any atom is 0.289 e. The largest absolute Gasteiger partial charge is 0.497 e. The standard InChI is InChI=1S/C27H30F2N2O3/c1-30(27(32)26-7-4-14-34-26)25(16-19-5-3-6-23(15-19)33-2)20-10-12-31(13-11-20)18-21-8-9-22(28)17-24(21)29/h3-9,14-15,17,20,25H,10-13,16,18H2,1-2H3. The molecule has 0 N–H and O–H groups in total. The Bertz CT molecular complexity index is 1100. The van der Waals surface area contributed by atoms with E-state index in [-0.39, 0.29) is 17.9 Å². The Balaban J connectivity index is 1.47. The fourth-order valence-corrected chi connectivity index (χ4v) is 4.77. The SMILES string of the molecule is COc1cccc(CC(C2CCN(Cc3ccc(F)cc3F)CC2)N(C)C(=O)c2ccco2)c1. The Kier molecular flexibility index (Phi) is 7.63. The molecule has 1 aliphatic rings. The first-order chi connectivity index (χ1) is 16.4. The Morgan fingerprint density at radius 2 is 1.94 bits per heavy atom. The number of likely N-dealkylation sites (tertiary alicyclic amines) is 1. The lowest BCUT2D eigenvalue weighted by Gasteiger charge is -2.40. The molecule has 1 fully saturated rings. The van der Waals surface area contributed by atoms with E-state index in [0.29, 0.717) is 24.3 Å². The molecule has 3 aromatic rings. The number of furan rings is 1. The number of hydrogen-bond donors (Lipinski definition) is 0. The van der Waals surface area contributed by atoms with Gasteiger partial charge in [0, 0.05) is 31.3 Å². The molecule has 0 spiro atoms. The average molecular weight is 469 g/mol. The summed E-state index contributed by atoms with van der Waals surface area (Å²) in [6, 6.07) is 15.0. The summed E-state index contributed by atoms with van der Waals surface area (Å²) < 4.78 is 38.1. The Morgan fingerprint density at radius 1 is 1.15 bits per heavy atom. The lowest BCUT2D eigenvalue weighted by Crippen LogP contribution is -2.47. The summed E-state index contributed by atoms with van der Waals surface area (Å²) in [5.74, 6) is 0.152. The first-order valence-electron chi connectivity index (χ1n) is 11.5. The van der Waals surface area contributed by atoms with Crippen LogP contribution in [0.5, 0.6) is 5.75 Å². The van der Waals surface area contributed by atoms with Crippen LogP contribution in [0.4, 0.5) is 8.78 Å². The van der Waals surface area contributed by atoms with Crippen LogP contribution in [0.2, 0.25) is 0 Å². The number of methoxy groups -OCH3 is 1. The normalized spacial score (nSPS) is 15.8. The molecule has 1 aliphatic heterocycles. The van der Waals surface area contributed by atoms with E-state index < -0.39 is 11.6 Å². The molecular formula is C27H30F2N2O3. The maximum atomic E-state index is 14.1. The highest BCUT2D eigenvalue weighted by molar-refractivity contribution is 5.91. The minimum atomic E-state index is -0.565. The highest BCUT2D eigenvalue weighted by atomic mass is 19.1. The fraction of sp³-hybridized carbons (Fsp3) is 0.370. The summed E-state index contributed by atoms with van der Waals surface area (Å²) >= 11 is 0. The molecule has 1 aromatic heterocycles. The van der Waals surface area contributed by atoms with Crippen LogP contribution >= 0.6 is 0 Å². The molecule has 1 atom stereocenters. The molecule has 2 heterocycles. The maximum absolute atomic E-state index is 14.1. The zero-order valence-electron chi connectivity index (χ0n) is 19.5. The monoisotopic (exact) mass is 468 g/mol. The molecule has 2 aromatic carbocycles.